The Morgan fingerprint density at radius 3 is 2.95 bits per heavy atom. The van der Waals surface area contributed by atoms with Crippen LogP contribution in [0.2, 0.25) is 10.0 Å². The highest BCUT2D eigenvalue weighted by atomic mass is 35.5. The molecule has 0 aliphatic carbocycles. The van der Waals surface area contributed by atoms with Crippen LogP contribution in [0.3, 0.4) is 0 Å². The fraction of sp³-hybridized carbons (Fsp3) is 0.600. The molecule has 1 aromatic carbocycles. The Morgan fingerprint density at radius 1 is 1.45 bits per heavy atom. The maximum Gasteiger partial charge on any atom is 0.0826 e. The van der Waals surface area contributed by atoms with E-state index in [4.69, 9.17) is 27.9 Å². The first-order valence-corrected chi connectivity index (χ1v) is 7.88. The van der Waals surface area contributed by atoms with Crippen LogP contribution in [0.1, 0.15) is 25.5 Å². The van der Waals surface area contributed by atoms with Crippen LogP contribution >= 0.6 is 23.2 Å². The number of nitrogens with one attached hydrogen (secondary N) is 1. The monoisotopic (exact) mass is 316 g/mol. The Balaban J connectivity index is 1.86. The molecular formula is C15H22Cl2N2O. The van der Waals surface area contributed by atoms with Crippen LogP contribution in [-0.2, 0) is 4.74 Å². The van der Waals surface area contributed by atoms with E-state index in [1.54, 1.807) is 6.07 Å². The molecule has 112 valence electrons. The molecule has 1 aliphatic heterocycles. The van der Waals surface area contributed by atoms with Gasteiger partial charge in [0.15, 0.2) is 0 Å². The number of halogens is 2. The summed E-state index contributed by atoms with van der Waals surface area (Å²) in [5, 5.41) is 4.87. The molecule has 1 aromatic rings. The Kier molecular flexibility index (Phi) is 6.12. The lowest BCUT2D eigenvalue weighted by Gasteiger charge is -2.33. The van der Waals surface area contributed by atoms with Crippen molar-refractivity contribution in [1.29, 1.82) is 0 Å². The van der Waals surface area contributed by atoms with Gasteiger partial charge in [0, 0.05) is 35.7 Å². The second kappa shape index (κ2) is 7.62. The van der Waals surface area contributed by atoms with E-state index in [1.165, 1.54) is 0 Å². The molecule has 5 heteroatoms. The van der Waals surface area contributed by atoms with Crippen LogP contribution in [-0.4, -0.2) is 43.8 Å². The third-order valence-electron chi connectivity index (χ3n) is 3.75. The second-order valence-corrected chi connectivity index (χ2v) is 6.03. The summed E-state index contributed by atoms with van der Waals surface area (Å²) in [7, 11) is 0. The first kappa shape index (κ1) is 16.1. The van der Waals surface area contributed by atoms with E-state index in [0.29, 0.717) is 10.0 Å². The summed E-state index contributed by atoms with van der Waals surface area (Å²) in [4.78, 5) is 2.41. The fourth-order valence-electron chi connectivity index (χ4n) is 2.46. The molecule has 2 unspecified atom stereocenters. The minimum absolute atomic E-state index is 0.181. The summed E-state index contributed by atoms with van der Waals surface area (Å²) in [6, 6.07) is 5.81. The molecule has 3 nitrogen and oxygen atoms in total. The number of likely N-dealkylation sites (N-methyl/N-ethyl adjacent to an activating group) is 1. The molecule has 20 heavy (non-hydrogen) atoms. The van der Waals surface area contributed by atoms with E-state index in [0.717, 1.165) is 38.3 Å². The van der Waals surface area contributed by atoms with Gasteiger partial charge in [-0.15, -0.1) is 0 Å². The molecule has 0 amide bonds. The van der Waals surface area contributed by atoms with E-state index in [9.17, 15) is 0 Å². The van der Waals surface area contributed by atoms with Crippen LogP contribution < -0.4 is 5.32 Å². The Morgan fingerprint density at radius 2 is 2.25 bits per heavy atom. The third kappa shape index (κ3) is 4.34. The van der Waals surface area contributed by atoms with Crippen molar-refractivity contribution < 1.29 is 4.74 Å². The van der Waals surface area contributed by atoms with Crippen molar-refractivity contribution in [3.63, 3.8) is 0 Å². The number of hydrogen-bond acceptors (Lipinski definition) is 3. The van der Waals surface area contributed by atoms with Crippen LogP contribution in [0, 0.1) is 0 Å². The van der Waals surface area contributed by atoms with Crippen LogP contribution in [0.25, 0.3) is 0 Å². The molecule has 1 saturated heterocycles. The van der Waals surface area contributed by atoms with E-state index >= 15 is 0 Å². The highest BCUT2D eigenvalue weighted by Gasteiger charge is 2.20. The number of nitrogens with zero attached hydrogens (tertiary/aromatic N) is 1. The van der Waals surface area contributed by atoms with Gasteiger partial charge in [-0.05, 0) is 31.2 Å². The summed E-state index contributed by atoms with van der Waals surface area (Å²) < 4.78 is 5.79. The molecule has 0 radical (unpaired) electrons. The molecule has 2 atom stereocenters. The average molecular weight is 317 g/mol. The van der Waals surface area contributed by atoms with Gasteiger partial charge < -0.3 is 10.1 Å². The van der Waals surface area contributed by atoms with Gasteiger partial charge in [-0.3, -0.25) is 4.90 Å². The van der Waals surface area contributed by atoms with E-state index in [-0.39, 0.29) is 12.1 Å². The number of ether oxygens (including phenoxy) is 1. The molecule has 1 heterocycles. The SMILES string of the molecule is CCN1CCOC(CNC(C)c2ccc(Cl)cc2Cl)C1. The molecule has 1 fully saturated rings. The smallest absolute Gasteiger partial charge is 0.0826 e. The van der Waals surface area contributed by atoms with Crippen molar-refractivity contribution in [3.05, 3.63) is 33.8 Å². The summed E-state index contributed by atoms with van der Waals surface area (Å²) in [6.07, 6.45) is 0.247. The van der Waals surface area contributed by atoms with Crippen molar-refractivity contribution in [2.24, 2.45) is 0 Å². The lowest BCUT2D eigenvalue weighted by Crippen LogP contribution is -2.46. The summed E-state index contributed by atoms with van der Waals surface area (Å²) in [5.74, 6) is 0. The van der Waals surface area contributed by atoms with Crippen LogP contribution in [0.15, 0.2) is 18.2 Å². The molecule has 0 aromatic heterocycles. The zero-order valence-corrected chi connectivity index (χ0v) is 13.5. The highest BCUT2D eigenvalue weighted by Crippen LogP contribution is 2.26. The number of rotatable bonds is 5. The summed E-state index contributed by atoms with van der Waals surface area (Å²) >= 11 is 12.1. The Hall–Kier alpha value is -0.320. The lowest BCUT2D eigenvalue weighted by molar-refractivity contribution is -0.0261. The number of morpholine rings is 1. The van der Waals surface area contributed by atoms with Crippen molar-refractivity contribution in [2.45, 2.75) is 26.0 Å². The van der Waals surface area contributed by atoms with Crippen LogP contribution in [0.5, 0.6) is 0 Å². The van der Waals surface area contributed by atoms with Gasteiger partial charge in [0.2, 0.25) is 0 Å². The maximum absolute atomic E-state index is 6.23. The maximum atomic E-state index is 6.23. The third-order valence-corrected chi connectivity index (χ3v) is 4.31. The summed E-state index contributed by atoms with van der Waals surface area (Å²) in [6.45, 7) is 9.04. The van der Waals surface area contributed by atoms with Gasteiger partial charge in [0.05, 0.1) is 12.7 Å². The lowest BCUT2D eigenvalue weighted by atomic mass is 10.1. The standard InChI is InChI=1S/C15H22Cl2N2O/c1-3-19-6-7-20-13(10-19)9-18-11(2)14-5-4-12(16)8-15(14)17/h4-5,8,11,13,18H,3,6-7,9-10H2,1-2H3. The van der Waals surface area contributed by atoms with Gasteiger partial charge in [0.25, 0.3) is 0 Å². The van der Waals surface area contributed by atoms with Crippen molar-refractivity contribution in [3.8, 4) is 0 Å². The van der Waals surface area contributed by atoms with Crippen molar-refractivity contribution >= 4 is 23.2 Å². The minimum Gasteiger partial charge on any atom is -0.374 e. The molecule has 1 aliphatic rings. The van der Waals surface area contributed by atoms with E-state index in [1.807, 2.05) is 12.1 Å². The largest absolute Gasteiger partial charge is 0.374 e. The zero-order valence-electron chi connectivity index (χ0n) is 12.0. The van der Waals surface area contributed by atoms with Gasteiger partial charge in [-0.1, -0.05) is 36.2 Å². The molecular weight excluding hydrogens is 295 g/mol. The molecule has 0 saturated carbocycles. The average Bonchev–Trinajstić information content (AvgIpc) is 2.45. The zero-order chi connectivity index (χ0) is 14.5. The first-order valence-electron chi connectivity index (χ1n) is 7.12. The van der Waals surface area contributed by atoms with Crippen molar-refractivity contribution in [1.82, 2.24) is 10.2 Å². The van der Waals surface area contributed by atoms with Gasteiger partial charge in [0.1, 0.15) is 0 Å². The molecule has 0 bridgehead atoms. The first-order chi connectivity index (χ1) is 9.60. The molecule has 2 rings (SSSR count). The fourth-order valence-corrected chi connectivity index (χ4v) is 3.03. The summed E-state index contributed by atoms with van der Waals surface area (Å²) in [5.41, 5.74) is 1.07. The highest BCUT2D eigenvalue weighted by molar-refractivity contribution is 6.35. The predicted octanol–water partition coefficient (Wildman–Crippen LogP) is 3.36. The van der Waals surface area contributed by atoms with Crippen LogP contribution in [0.4, 0.5) is 0 Å². The minimum atomic E-state index is 0.181. The number of benzene rings is 1. The van der Waals surface area contributed by atoms with Gasteiger partial charge >= 0.3 is 0 Å². The van der Waals surface area contributed by atoms with E-state index < -0.39 is 0 Å². The number of hydrogen-bond donors (Lipinski definition) is 1. The van der Waals surface area contributed by atoms with Gasteiger partial charge in [-0.2, -0.15) is 0 Å². The van der Waals surface area contributed by atoms with E-state index in [2.05, 4.69) is 24.1 Å². The Bertz CT molecular complexity index is 442. The Labute approximate surface area is 131 Å². The topological polar surface area (TPSA) is 24.5 Å². The normalized spacial score (nSPS) is 21.9. The van der Waals surface area contributed by atoms with Gasteiger partial charge in [-0.25, -0.2) is 0 Å². The second-order valence-electron chi connectivity index (χ2n) is 5.18. The molecule has 0 spiro atoms. The quantitative estimate of drug-likeness (QED) is 0.901. The predicted molar refractivity (Wildman–Crippen MR) is 84.7 cm³/mol. The molecule has 1 N–H and O–H groups in total. The van der Waals surface area contributed by atoms with Crippen molar-refractivity contribution in [2.75, 3.05) is 32.8 Å².